The van der Waals surface area contributed by atoms with Crippen molar-refractivity contribution < 1.29 is 28.7 Å². The summed E-state index contributed by atoms with van der Waals surface area (Å²) >= 11 is 0. The van der Waals surface area contributed by atoms with Crippen molar-refractivity contribution in [1.29, 1.82) is 0 Å². The van der Waals surface area contributed by atoms with Gasteiger partial charge in [-0.25, -0.2) is 9.59 Å². The lowest BCUT2D eigenvalue weighted by Gasteiger charge is -2.28. The normalized spacial score (nSPS) is 16.0. The molecular formula is C20H25N3O6. The molecule has 3 amide bonds. The molecule has 0 bridgehead atoms. The largest absolute Gasteiger partial charge is 0.463 e. The van der Waals surface area contributed by atoms with Gasteiger partial charge >= 0.3 is 18.0 Å². The van der Waals surface area contributed by atoms with Gasteiger partial charge in [0.15, 0.2) is 0 Å². The molecule has 0 aromatic heterocycles. The van der Waals surface area contributed by atoms with Crippen molar-refractivity contribution >= 4 is 23.9 Å². The summed E-state index contributed by atoms with van der Waals surface area (Å²) in [6.07, 6.45) is 0.649. The van der Waals surface area contributed by atoms with Gasteiger partial charge in [0.1, 0.15) is 11.6 Å². The molecule has 156 valence electrons. The average molecular weight is 403 g/mol. The molecule has 1 unspecified atom stereocenters. The lowest BCUT2D eigenvalue weighted by atomic mass is 9.85. The van der Waals surface area contributed by atoms with Crippen LogP contribution in [0.5, 0.6) is 5.75 Å². The van der Waals surface area contributed by atoms with E-state index in [4.69, 9.17) is 9.47 Å². The van der Waals surface area contributed by atoms with E-state index in [2.05, 4.69) is 16.0 Å². The maximum Gasteiger partial charge on any atom is 0.338 e. The van der Waals surface area contributed by atoms with Gasteiger partial charge in [0.2, 0.25) is 5.91 Å². The standard InChI is InChI=1S/C20H25N3O6/c1-4-10-21-20(27)23-18-17(19(26)28-5-2)14(11-16(25)22-18)13-8-6-7-9-15(13)29-12(3)24/h6-9,14H,4-5,10-11H2,1-3H3,(H,22,25)(H2,21,23,27). The topological polar surface area (TPSA) is 123 Å². The van der Waals surface area contributed by atoms with E-state index < -0.39 is 29.8 Å². The molecule has 3 N–H and O–H groups in total. The van der Waals surface area contributed by atoms with Crippen molar-refractivity contribution in [2.24, 2.45) is 0 Å². The molecule has 0 radical (unpaired) electrons. The second-order valence-corrected chi connectivity index (χ2v) is 6.33. The highest BCUT2D eigenvalue weighted by molar-refractivity contribution is 5.97. The molecule has 29 heavy (non-hydrogen) atoms. The molecule has 0 spiro atoms. The van der Waals surface area contributed by atoms with Crippen LogP contribution in [0.25, 0.3) is 0 Å². The van der Waals surface area contributed by atoms with E-state index in [9.17, 15) is 19.2 Å². The number of carbonyl (C=O) groups excluding carboxylic acids is 4. The fourth-order valence-corrected chi connectivity index (χ4v) is 2.95. The molecule has 1 heterocycles. The van der Waals surface area contributed by atoms with Crippen LogP contribution < -0.4 is 20.7 Å². The molecule has 9 heteroatoms. The number of amides is 3. The summed E-state index contributed by atoms with van der Waals surface area (Å²) in [5, 5.41) is 7.68. The van der Waals surface area contributed by atoms with Gasteiger partial charge in [0.25, 0.3) is 0 Å². The number of rotatable bonds is 7. The fourth-order valence-electron chi connectivity index (χ4n) is 2.95. The zero-order valence-corrected chi connectivity index (χ0v) is 16.7. The molecule has 9 nitrogen and oxygen atoms in total. The maximum absolute atomic E-state index is 12.7. The Balaban J connectivity index is 2.52. The molecule has 1 aliphatic rings. The van der Waals surface area contributed by atoms with Gasteiger partial charge < -0.3 is 20.1 Å². The van der Waals surface area contributed by atoms with Crippen LogP contribution in [0.2, 0.25) is 0 Å². The number of esters is 2. The Hall–Kier alpha value is -3.36. The number of para-hydroxylation sites is 1. The van der Waals surface area contributed by atoms with Crippen molar-refractivity contribution in [2.45, 2.75) is 39.5 Å². The van der Waals surface area contributed by atoms with E-state index in [0.29, 0.717) is 12.1 Å². The second kappa shape index (κ2) is 10.3. The first-order valence-electron chi connectivity index (χ1n) is 9.40. The Morgan fingerprint density at radius 1 is 1.21 bits per heavy atom. The van der Waals surface area contributed by atoms with Gasteiger partial charge in [0, 0.05) is 31.4 Å². The van der Waals surface area contributed by atoms with E-state index in [-0.39, 0.29) is 30.2 Å². The molecule has 0 saturated carbocycles. The Bertz CT molecular complexity index is 833. The van der Waals surface area contributed by atoms with Crippen LogP contribution in [-0.4, -0.2) is 37.0 Å². The Labute approximate surface area is 168 Å². The smallest absolute Gasteiger partial charge is 0.338 e. The molecule has 1 aliphatic heterocycles. The number of ether oxygens (including phenoxy) is 2. The minimum Gasteiger partial charge on any atom is -0.463 e. The van der Waals surface area contributed by atoms with Crippen LogP contribution in [-0.2, 0) is 19.1 Å². The minimum atomic E-state index is -0.764. The molecule has 1 aromatic carbocycles. The van der Waals surface area contributed by atoms with E-state index in [0.717, 1.165) is 6.42 Å². The number of benzene rings is 1. The SMILES string of the molecule is CCCNC(=O)NC1=C(C(=O)OCC)C(c2ccccc2OC(C)=O)CC(=O)N1. The van der Waals surface area contributed by atoms with Crippen LogP contribution in [0, 0.1) is 0 Å². The lowest BCUT2D eigenvalue weighted by molar-refractivity contribution is -0.139. The quantitative estimate of drug-likeness (QED) is 0.470. The molecule has 2 rings (SSSR count). The summed E-state index contributed by atoms with van der Waals surface area (Å²) in [5.74, 6) is -2.18. The Morgan fingerprint density at radius 2 is 1.93 bits per heavy atom. The van der Waals surface area contributed by atoms with Crippen LogP contribution in [0.4, 0.5) is 4.79 Å². The van der Waals surface area contributed by atoms with Crippen molar-refractivity contribution in [3.05, 3.63) is 41.2 Å². The predicted molar refractivity (Wildman–Crippen MR) is 104 cm³/mol. The number of hydrogen-bond acceptors (Lipinski definition) is 6. The predicted octanol–water partition coefficient (Wildman–Crippen LogP) is 1.70. The van der Waals surface area contributed by atoms with E-state index in [1.54, 1.807) is 31.2 Å². The first-order chi connectivity index (χ1) is 13.9. The van der Waals surface area contributed by atoms with Gasteiger partial charge in [-0.3, -0.25) is 14.9 Å². The number of urea groups is 1. The molecular weight excluding hydrogens is 378 g/mol. The monoisotopic (exact) mass is 403 g/mol. The lowest BCUT2D eigenvalue weighted by Crippen LogP contribution is -2.46. The van der Waals surface area contributed by atoms with Crippen molar-refractivity contribution in [3.8, 4) is 5.75 Å². The third kappa shape index (κ3) is 5.81. The first-order valence-corrected chi connectivity index (χ1v) is 9.40. The van der Waals surface area contributed by atoms with Gasteiger partial charge in [0.05, 0.1) is 12.2 Å². The second-order valence-electron chi connectivity index (χ2n) is 6.33. The number of carbonyl (C=O) groups is 4. The average Bonchev–Trinajstić information content (AvgIpc) is 2.66. The summed E-state index contributed by atoms with van der Waals surface area (Å²) in [6.45, 7) is 5.36. The summed E-state index contributed by atoms with van der Waals surface area (Å²) in [6, 6.07) is 6.06. The maximum atomic E-state index is 12.7. The minimum absolute atomic E-state index is 0.0454. The van der Waals surface area contributed by atoms with Gasteiger partial charge in [-0.05, 0) is 19.4 Å². The molecule has 1 aromatic rings. The molecule has 0 saturated heterocycles. The van der Waals surface area contributed by atoms with Crippen LogP contribution in [0.15, 0.2) is 35.7 Å². The van der Waals surface area contributed by atoms with Crippen molar-refractivity contribution in [3.63, 3.8) is 0 Å². The Kier molecular flexibility index (Phi) is 7.76. The fraction of sp³-hybridized carbons (Fsp3) is 0.400. The first kappa shape index (κ1) is 21.9. The van der Waals surface area contributed by atoms with Crippen LogP contribution >= 0.6 is 0 Å². The van der Waals surface area contributed by atoms with Gasteiger partial charge in [-0.15, -0.1) is 0 Å². The Morgan fingerprint density at radius 3 is 2.59 bits per heavy atom. The summed E-state index contributed by atoms with van der Waals surface area (Å²) < 4.78 is 10.4. The highest BCUT2D eigenvalue weighted by atomic mass is 16.5. The highest BCUT2D eigenvalue weighted by Gasteiger charge is 2.36. The van der Waals surface area contributed by atoms with Crippen molar-refractivity contribution in [1.82, 2.24) is 16.0 Å². The summed E-state index contributed by atoms with van der Waals surface area (Å²) in [4.78, 5) is 48.7. The molecule has 1 atom stereocenters. The third-order valence-corrected chi connectivity index (χ3v) is 4.09. The van der Waals surface area contributed by atoms with Crippen LogP contribution in [0.1, 0.15) is 45.1 Å². The van der Waals surface area contributed by atoms with Gasteiger partial charge in [-0.2, -0.15) is 0 Å². The van der Waals surface area contributed by atoms with Crippen LogP contribution in [0.3, 0.4) is 0 Å². The van der Waals surface area contributed by atoms with E-state index >= 15 is 0 Å². The third-order valence-electron chi connectivity index (χ3n) is 4.09. The zero-order valence-electron chi connectivity index (χ0n) is 16.7. The van der Waals surface area contributed by atoms with E-state index in [1.807, 2.05) is 6.92 Å². The number of hydrogen-bond donors (Lipinski definition) is 3. The number of nitrogens with one attached hydrogen (secondary N) is 3. The summed E-state index contributed by atoms with van der Waals surface area (Å²) in [5.41, 5.74) is 0.548. The molecule has 0 aliphatic carbocycles. The highest BCUT2D eigenvalue weighted by Crippen LogP contribution is 2.37. The van der Waals surface area contributed by atoms with Gasteiger partial charge in [-0.1, -0.05) is 25.1 Å². The molecule has 0 fully saturated rings. The summed E-state index contributed by atoms with van der Waals surface area (Å²) in [7, 11) is 0. The van der Waals surface area contributed by atoms with Crippen molar-refractivity contribution in [2.75, 3.05) is 13.2 Å². The zero-order chi connectivity index (χ0) is 21.4. The van der Waals surface area contributed by atoms with E-state index in [1.165, 1.54) is 6.92 Å².